The molecule has 0 bridgehead atoms. The molecule has 1 aromatic carbocycles. The lowest BCUT2D eigenvalue weighted by Gasteiger charge is -2.05. The van der Waals surface area contributed by atoms with Crippen LogP contribution in [0.2, 0.25) is 0 Å². The van der Waals surface area contributed by atoms with Gasteiger partial charge in [0.05, 0.1) is 12.2 Å². The summed E-state index contributed by atoms with van der Waals surface area (Å²) in [6.07, 6.45) is 1.67. The van der Waals surface area contributed by atoms with Crippen LogP contribution in [0.5, 0.6) is 0 Å². The molecular formula is C16H15N3O2. The highest BCUT2D eigenvalue weighted by Crippen LogP contribution is 2.04. The molecule has 2 N–H and O–H groups in total. The van der Waals surface area contributed by atoms with Crippen molar-refractivity contribution in [2.24, 2.45) is 0 Å². The molecule has 1 aromatic heterocycles. The summed E-state index contributed by atoms with van der Waals surface area (Å²) in [5.74, 6) is 5.83. The van der Waals surface area contributed by atoms with Gasteiger partial charge in [0, 0.05) is 17.3 Å². The van der Waals surface area contributed by atoms with Crippen molar-refractivity contribution < 1.29 is 9.90 Å². The van der Waals surface area contributed by atoms with Crippen LogP contribution >= 0.6 is 0 Å². The number of hydrogen-bond acceptors (Lipinski definition) is 4. The number of amides is 1. The van der Waals surface area contributed by atoms with E-state index in [2.05, 4.69) is 27.1 Å². The molecule has 5 nitrogen and oxygen atoms in total. The van der Waals surface area contributed by atoms with Gasteiger partial charge in [0.1, 0.15) is 12.4 Å². The third-order valence-corrected chi connectivity index (χ3v) is 2.72. The highest BCUT2D eigenvalue weighted by Gasteiger charge is 2.05. The number of benzene rings is 1. The lowest BCUT2D eigenvalue weighted by atomic mass is 10.1. The predicted molar refractivity (Wildman–Crippen MR) is 78.3 cm³/mol. The largest absolute Gasteiger partial charge is 0.384 e. The molecule has 0 unspecified atom stereocenters. The van der Waals surface area contributed by atoms with E-state index < -0.39 is 0 Å². The second kappa shape index (κ2) is 7.17. The molecule has 0 radical (unpaired) electrons. The average molecular weight is 281 g/mol. The van der Waals surface area contributed by atoms with Crippen LogP contribution in [0.4, 0.5) is 0 Å². The fourth-order valence-electron chi connectivity index (χ4n) is 1.72. The summed E-state index contributed by atoms with van der Waals surface area (Å²) >= 11 is 0. The molecule has 0 fully saturated rings. The summed E-state index contributed by atoms with van der Waals surface area (Å²) in [7, 11) is 0. The number of aliphatic hydroxyl groups excluding tert-OH is 1. The molecule has 1 heterocycles. The Morgan fingerprint density at radius 3 is 2.71 bits per heavy atom. The number of aliphatic hydroxyl groups is 1. The van der Waals surface area contributed by atoms with Gasteiger partial charge < -0.3 is 10.4 Å². The van der Waals surface area contributed by atoms with E-state index >= 15 is 0 Å². The normalized spacial score (nSPS) is 9.62. The van der Waals surface area contributed by atoms with Crippen LogP contribution in [0, 0.1) is 18.8 Å². The number of carbonyl (C=O) groups is 1. The van der Waals surface area contributed by atoms with Gasteiger partial charge in [-0.2, -0.15) is 0 Å². The van der Waals surface area contributed by atoms with Gasteiger partial charge in [-0.1, -0.05) is 11.8 Å². The number of nitrogens with one attached hydrogen (secondary N) is 1. The molecule has 0 aliphatic carbocycles. The molecular weight excluding hydrogens is 266 g/mol. The predicted octanol–water partition coefficient (Wildman–Crippen LogP) is 1.06. The maximum atomic E-state index is 12.0. The van der Waals surface area contributed by atoms with E-state index in [0.717, 1.165) is 11.3 Å². The van der Waals surface area contributed by atoms with E-state index in [1.165, 1.54) is 0 Å². The van der Waals surface area contributed by atoms with E-state index in [0.29, 0.717) is 17.9 Å². The molecule has 5 heteroatoms. The van der Waals surface area contributed by atoms with Crippen molar-refractivity contribution in [3.8, 4) is 11.8 Å². The summed E-state index contributed by atoms with van der Waals surface area (Å²) in [6, 6.07) is 8.64. The first-order chi connectivity index (χ1) is 10.2. The minimum atomic E-state index is -0.180. The molecule has 2 aromatic rings. The van der Waals surface area contributed by atoms with Crippen molar-refractivity contribution in [1.82, 2.24) is 15.3 Å². The van der Waals surface area contributed by atoms with E-state index in [4.69, 9.17) is 5.11 Å². The van der Waals surface area contributed by atoms with Crippen molar-refractivity contribution >= 4 is 5.91 Å². The Morgan fingerprint density at radius 2 is 2.05 bits per heavy atom. The molecule has 21 heavy (non-hydrogen) atoms. The van der Waals surface area contributed by atoms with Crippen molar-refractivity contribution in [1.29, 1.82) is 0 Å². The summed E-state index contributed by atoms with van der Waals surface area (Å²) in [6.45, 7) is 1.98. The van der Waals surface area contributed by atoms with E-state index in [1.54, 1.807) is 43.5 Å². The van der Waals surface area contributed by atoms with Gasteiger partial charge in [0.15, 0.2) is 0 Å². The number of aryl methyl sites for hydroxylation is 1. The second-order valence-corrected chi connectivity index (χ2v) is 4.32. The van der Waals surface area contributed by atoms with Crippen LogP contribution in [-0.2, 0) is 6.54 Å². The second-order valence-electron chi connectivity index (χ2n) is 4.32. The highest BCUT2D eigenvalue weighted by atomic mass is 16.2. The number of rotatable bonds is 3. The average Bonchev–Trinajstić information content (AvgIpc) is 2.51. The quantitative estimate of drug-likeness (QED) is 0.825. The smallest absolute Gasteiger partial charge is 0.251 e. The van der Waals surface area contributed by atoms with Crippen LogP contribution in [0.25, 0.3) is 0 Å². The Bertz CT molecular complexity index is 685. The molecule has 0 saturated heterocycles. The number of hydrogen-bond donors (Lipinski definition) is 2. The maximum absolute atomic E-state index is 12.0. The Kier molecular flexibility index (Phi) is 5.02. The molecule has 106 valence electrons. The highest BCUT2D eigenvalue weighted by molar-refractivity contribution is 5.94. The summed E-state index contributed by atoms with van der Waals surface area (Å²) in [4.78, 5) is 20.2. The monoisotopic (exact) mass is 281 g/mol. The topological polar surface area (TPSA) is 75.1 Å². The number of aromatic nitrogens is 2. The minimum absolute atomic E-state index is 0.173. The number of nitrogens with zero attached hydrogens (tertiary/aromatic N) is 2. The molecule has 0 atom stereocenters. The van der Waals surface area contributed by atoms with Crippen LogP contribution in [0.3, 0.4) is 0 Å². The van der Waals surface area contributed by atoms with E-state index in [-0.39, 0.29) is 12.5 Å². The van der Waals surface area contributed by atoms with Gasteiger partial charge in [-0.15, -0.1) is 0 Å². The lowest BCUT2D eigenvalue weighted by Crippen LogP contribution is -2.23. The van der Waals surface area contributed by atoms with Gasteiger partial charge >= 0.3 is 0 Å². The molecule has 0 saturated carbocycles. The maximum Gasteiger partial charge on any atom is 0.251 e. The lowest BCUT2D eigenvalue weighted by molar-refractivity contribution is 0.0950. The van der Waals surface area contributed by atoms with Crippen molar-refractivity contribution in [3.63, 3.8) is 0 Å². The van der Waals surface area contributed by atoms with Gasteiger partial charge in [-0.05, 0) is 37.3 Å². The fourth-order valence-corrected chi connectivity index (χ4v) is 1.72. The Balaban J connectivity index is 1.97. The molecule has 0 spiro atoms. The van der Waals surface area contributed by atoms with E-state index in [1.807, 2.05) is 0 Å². The molecule has 2 rings (SSSR count). The third-order valence-electron chi connectivity index (χ3n) is 2.72. The first-order valence-corrected chi connectivity index (χ1v) is 6.45. The van der Waals surface area contributed by atoms with Gasteiger partial charge in [0.2, 0.25) is 0 Å². The summed E-state index contributed by atoms with van der Waals surface area (Å²) in [5.41, 5.74) is 2.07. The zero-order valence-corrected chi connectivity index (χ0v) is 11.6. The van der Waals surface area contributed by atoms with Crippen LogP contribution in [0.15, 0.2) is 36.5 Å². The number of carbonyl (C=O) groups excluding carboxylic acids is 1. The van der Waals surface area contributed by atoms with Crippen LogP contribution in [-0.4, -0.2) is 27.6 Å². The van der Waals surface area contributed by atoms with Gasteiger partial charge in [-0.3, -0.25) is 4.79 Å². The summed E-state index contributed by atoms with van der Waals surface area (Å²) in [5, 5.41) is 11.4. The molecule has 1 amide bonds. The zero-order valence-electron chi connectivity index (χ0n) is 11.6. The van der Waals surface area contributed by atoms with E-state index in [9.17, 15) is 4.79 Å². The molecule has 0 aliphatic rings. The summed E-state index contributed by atoms with van der Waals surface area (Å²) < 4.78 is 0. The van der Waals surface area contributed by atoms with Crippen molar-refractivity contribution in [2.45, 2.75) is 13.5 Å². The Hall–Kier alpha value is -2.71. The van der Waals surface area contributed by atoms with Crippen molar-refractivity contribution in [3.05, 3.63) is 59.2 Å². The van der Waals surface area contributed by atoms with Gasteiger partial charge in [-0.25, -0.2) is 9.97 Å². The zero-order chi connectivity index (χ0) is 15.1. The fraction of sp³-hybridized carbons (Fsp3) is 0.188. The van der Waals surface area contributed by atoms with Gasteiger partial charge in [0.25, 0.3) is 5.91 Å². The molecule has 0 aliphatic heterocycles. The van der Waals surface area contributed by atoms with Crippen LogP contribution in [0.1, 0.15) is 27.4 Å². The standard InChI is InChI=1S/C16H15N3O2/c1-12-17-9-8-15(19-12)11-18-16(21)14-6-4-13(5-7-14)3-2-10-20/h4-9,20H,10-11H2,1H3,(H,18,21). The Morgan fingerprint density at radius 1 is 1.29 bits per heavy atom. The minimum Gasteiger partial charge on any atom is -0.384 e. The Labute approximate surface area is 123 Å². The first kappa shape index (κ1) is 14.7. The third kappa shape index (κ3) is 4.41. The first-order valence-electron chi connectivity index (χ1n) is 6.45. The van der Waals surface area contributed by atoms with Crippen LogP contribution < -0.4 is 5.32 Å². The SMILES string of the molecule is Cc1nccc(CNC(=O)c2ccc(C#CCO)cc2)n1. The van der Waals surface area contributed by atoms with Crippen molar-refractivity contribution in [2.75, 3.05) is 6.61 Å².